The molecule has 2 aromatic carbocycles. The van der Waals surface area contributed by atoms with E-state index in [9.17, 15) is 0 Å². The van der Waals surface area contributed by atoms with Crippen molar-refractivity contribution in [3.05, 3.63) is 58.7 Å². The second kappa shape index (κ2) is 4.56. The van der Waals surface area contributed by atoms with Crippen molar-refractivity contribution in [3.8, 4) is 11.1 Å². The molecule has 0 aliphatic carbocycles. The second-order valence-electron chi connectivity index (χ2n) is 4.83. The summed E-state index contributed by atoms with van der Waals surface area (Å²) in [5.74, 6) is 0. The van der Waals surface area contributed by atoms with Crippen molar-refractivity contribution < 1.29 is 4.74 Å². The summed E-state index contributed by atoms with van der Waals surface area (Å²) in [6.07, 6.45) is 0. The molecule has 0 aromatic heterocycles. The van der Waals surface area contributed by atoms with Crippen LogP contribution in [0.4, 0.5) is 0 Å². The van der Waals surface area contributed by atoms with Crippen LogP contribution in [-0.2, 0) is 24.5 Å². The Kier molecular flexibility index (Phi) is 2.90. The lowest BCUT2D eigenvalue weighted by Gasteiger charge is -2.09. The predicted octanol–water partition coefficient (Wildman–Crippen LogP) is 3.15. The Morgan fingerprint density at radius 1 is 1.06 bits per heavy atom. The van der Waals surface area contributed by atoms with Crippen molar-refractivity contribution in [3.63, 3.8) is 0 Å². The van der Waals surface area contributed by atoms with Crippen LogP contribution in [-0.4, -0.2) is 0 Å². The molecule has 92 valence electrons. The van der Waals surface area contributed by atoms with Gasteiger partial charge in [-0.2, -0.15) is 0 Å². The zero-order valence-corrected chi connectivity index (χ0v) is 10.6. The number of rotatable bonds is 2. The Bertz CT molecular complexity index is 590. The predicted molar refractivity (Wildman–Crippen MR) is 73.0 cm³/mol. The first-order valence-electron chi connectivity index (χ1n) is 6.27. The van der Waals surface area contributed by atoms with Crippen LogP contribution in [0.1, 0.15) is 22.3 Å². The number of nitrogens with two attached hydrogens (primary N) is 1. The quantitative estimate of drug-likeness (QED) is 0.873. The molecule has 0 spiro atoms. The number of fused-ring (bicyclic) bond motifs is 1. The largest absolute Gasteiger partial charge is 0.372 e. The normalized spacial score (nSPS) is 13.7. The molecule has 2 N–H and O–H groups in total. The molecule has 2 nitrogen and oxygen atoms in total. The number of benzene rings is 2. The van der Waals surface area contributed by atoms with Gasteiger partial charge < -0.3 is 10.5 Å². The maximum Gasteiger partial charge on any atom is 0.0725 e. The fourth-order valence-electron chi connectivity index (χ4n) is 2.45. The summed E-state index contributed by atoms with van der Waals surface area (Å²) in [7, 11) is 0. The van der Waals surface area contributed by atoms with E-state index >= 15 is 0 Å². The van der Waals surface area contributed by atoms with Gasteiger partial charge in [0.25, 0.3) is 0 Å². The first-order chi connectivity index (χ1) is 8.78. The Balaban J connectivity index is 2.09. The Labute approximate surface area is 107 Å². The Morgan fingerprint density at radius 3 is 2.72 bits per heavy atom. The maximum absolute atomic E-state index is 5.72. The van der Waals surface area contributed by atoms with Gasteiger partial charge in [0.2, 0.25) is 0 Å². The fraction of sp³-hybridized carbons (Fsp3) is 0.250. The smallest absolute Gasteiger partial charge is 0.0725 e. The molecular formula is C16H17NO. The van der Waals surface area contributed by atoms with Gasteiger partial charge in [-0.15, -0.1) is 0 Å². The molecule has 2 aromatic rings. The fourth-order valence-corrected chi connectivity index (χ4v) is 2.45. The molecule has 0 fully saturated rings. The summed E-state index contributed by atoms with van der Waals surface area (Å²) in [4.78, 5) is 0. The maximum atomic E-state index is 5.72. The van der Waals surface area contributed by atoms with Crippen molar-refractivity contribution in [1.82, 2.24) is 0 Å². The van der Waals surface area contributed by atoms with Crippen LogP contribution >= 0.6 is 0 Å². The van der Waals surface area contributed by atoms with Gasteiger partial charge in [-0.3, -0.25) is 0 Å². The Hall–Kier alpha value is -1.64. The summed E-state index contributed by atoms with van der Waals surface area (Å²) in [6.45, 7) is 4.21. The standard InChI is InChI=1S/C16H17NO/c1-11-2-3-12(8-17)6-16(11)13-4-5-14-9-18-10-15(14)7-13/h2-7H,8-10,17H2,1H3. The first kappa shape index (κ1) is 11.5. The van der Waals surface area contributed by atoms with Gasteiger partial charge in [0, 0.05) is 6.54 Å². The van der Waals surface area contributed by atoms with E-state index in [1.165, 1.54) is 33.4 Å². The van der Waals surface area contributed by atoms with E-state index in [-0.39, 0.29) is 0 Å². The summed E-state index contributed by atoms with van der Waals surface area (Å²) in [5, 5.41) is 0. The van der Waals surface area contributed by atoms with Crippen molar-refractivity contribution >= 4 is 0 Å². The van der Waals surface area contributed by atoms with Gasteiger partial charge in [-0.1, -0.05) is 24.3 Å². The van der Waals surface area contributed by atoms with Gasteiger partial charge in [-0.05, 0) is 52.4 Å². The molecule has 0 atom stereocenters. The molecule has 0 radical (unpaired) electrons. The van der Waals surface area contributed by atoms with Gasteiger partial charge in [0.1, 0.15) is 0 Å². The van der Waals surface area contributed by atoms with Crippen molar-refractivity contribution in [2.75, 3.05) is 0 Å². The monoisotopic (exact) mass is 239 g/mol. The average Bonchev–Trinajstić information content (AvgIpc) is 2.86. The van der Waals surface area contributed by atoms with Gasteiger partial charge in [-0.25, -0.2) is 0 Å². The van der Waals surface area contributed by atoms with Crippen LogP contribution in [0.15, 0.2) is 36.4 Å². The van der Waals surface area contributed by atoms with E-state index in [0.717, 1.165) is 13.2 Å². The number of ether oxygens (including phenoxy) is 1. The zero-order valence-electron chi connectivity index (χ0n) is 10.6. The minimum atomic E-state index is 0.585. The molecule has 1 aliphatic rings. The summed E-state index contributed by atoms with van der Waals surface area (Å²) < 4.78 is 5.46. The highest BCUT2D eigenvalue weighted by Crippen LogP contribution is 2.29. The summed E-state index contributed by atoms with van der Waals surface area (Å²) >= 11 is 0. The zero-order chi connectivity index (χ0) is 12.5. The third kappa shape index (κ3) is 1.94. The van der Waals surface area contributed by atoms with E-state index in [1.54, 1.807) is 0 Å². The molecule has 0 amide bonds. The van der Waals surface area contributed by atoms with Gasteiger partial charge >= 0.3 is 0 Å². The van der Waals surface area contributed by atoms with Crippen LogP contribution in [0.2, 0.25) is 0 Å². The van der Waals surface area contributed by atoms with Gasteiger partial charge in [0.05, 0.1) is 13.2 Å². The third-order valence-corrected chi connectivity index (χ3v) is 3.57. The number of aryl methyl sites for hydroxylation is 1. The van der Waals surface area contributed by atoms with Crippen LogP contribution in [0.5, 0.6) is 0 Å². The lowest BCUT2D eigenvalue weighted by molar-refractivity contribution is 0.134. The molecule has 0 unspecified atom stereocenters. The number of hydrogen-bond acceptors (Lipinski definition) is 2. The van der Waals surface area contributed by atoms with E-state index in [4.69, 9.17) is 10.5 Å². The summed E-state index contributed by atoms with van der Waals surface area (Å²) in [5.41, 5.74) is 13.3. The second-order valence-corrected chi connectivity index (χ2v) is 4.83. The molecule has 2 heteroatoms. The van der Waals surface area contributed by atoms with Gasteiger partial charge in [0.15, 0.2) is 0 Å². The van der Waals surface area contributed by atoms with Crippen LogP contribution < -0.4 is 5.73 Å². The minimum Gasteiger partial charge on any atom is -0.372 e. The molecule has 1 heterocycles. The van der Waals surface area contributed by atoms with E-state index in [0.29, 0.717) is 6.54 Å². The van der Waals surface area contributed by atoms with E-state index < -0.39 is 0 Å². The molecular weight excluding hydrogens is 222 g/mol. The molecule has 0 saturated carbocycles. The minimum absolute atomic E-state index is 0.585. The lowest BCUT2D eigenvalue weighted by atomic mass is 9.95. The van der Waals surface area contributed by atoms with Crippen LogP contribution in [0.25, 0.3) is 11.1 Å². The molecule has 1 aliphatic heterocycles. The first-order valence-corrected chi connectivity index (χ1v) is 6.27. The summed E-state index contributed by atoms with van der Waals surface area (Å²) in [6, 6.07) is 13.0. The van der Waals surface area contributed by atoms with Crippen molar-refractivity contribution in [2.24, 2.45) is 5.73 Å². The van der Waals surface area contributed by atoms with Crippen LogP contribution in [0, 0.1) is 6.92 Å². The number of hydrogen-bond donors (Lipinski definition) is 1. The van der Waals surface area contributed by atoms with Crippen molar-refractivity contribution in [1.29, 1.82) is 0 Å². The Morgan fingerprint density at radius 2 is 1.89 bits per heavy atom. The van der Waals surface area contributed by atoms with E-state index in [2.05, 4.69) is 43.3 Å². The lowest BCUT2D eigenvalue weighted by Crippen LogP contribution is -1.97. The topological polar surface area (TPSA) is 35.2 Å². The molecule has 18 heavy (non-hydrogen) atoms. The molecule has 3 rings (SSSR count). The molecule has 0 saturated heterocycles. The third-order valence-electron chi connectivity index (χ3n) is 3.57. The SMILES string of the molecule is Cc1ccc(CN)cc1-c1ccc2c(c1)COC2. The van der Waals surface area contributed by atoms with Crippen LogP contribution in [0.3, 0.4) is 0 Å². The van der Waals surface area contributed by atoms with E-state index in [1.807, 2.05) is 0 Å². The highest BCUT2D eigenvalue weighted by molar-refractivity contribution is 5.69. The highest BCUT2D eigenvalue weighted by Gasteiger charge is 2.12. The highest BCUT2D eigenvalue weighted by atomic mass is 16.5. The molecule has 0 bridgehead atoms. The van der Waals surface area contributed by atoms with Crippen molar-refractivity contribution in [2.45, 2.75) is 26.7 Å². The average molecular weight is 239 g/mol.